The molecule has 0 radical (unpaired) electrons. The molecule has 1 atom stereocenters. The molecule has 5 nitrogen and oxygen atoms in total. The van der Waals surface area contributed by atoms with E-state index in [9.17, 15) is 4.79 Å². The lowest BCUT2D eigenvalue weighted by atomic mass is 9.97. The monoisotopic (exact) mass is 352 g/mol. The topological polar surface area (TPSA) is 58.1 Å². The van der Waals surface area contributed by atoms with E-state index in [0.29, 0.717) is 6.54 Å². The average molecular weight is 352 g/mol. The summed E-state index contributed by atoms with van der Waals surface area (Å²) >= 11 is 1.60. The van der Waals surface area contributed by atoms with Crippen LogP contribution in [0.2, 0.25) is 0 Å². The van der Waals surface area contributed by atoms with Crippen LogP contribution in [-0.2, 0) is 4.79 Å². The van der Waals surface area contributed by atoms with E-state index in [4.69, 9.17) is 0 Å². The van der Waals surface area contributed by atoms with Gasteiger partial charge in [0, 0.05) is 25.0 Å². The smallest absolute Gasteiger partial charge is 0.229 e. The Balaban J connectivity index is 1.46. The number of fused-ring (bicyclic) bond motifs is 1. The van der Waals surface area contributed by atoms with Crippen LogP contribution in [0.4, 0.5) is 10.8 Å². The van der Waals surface area contributed by atoms with Crippen molar-refractivity contribution in [2.24, 2.45) is 5.92 Å². The lowest BCUT2D eigenvalue weighted by Crippen LogP contribution is -2.40. The molecular weight excluding hydrogens is 332 g/mol. The van der Waals surface area contributed by atoms with Gasteiger partial charge in [-0.1, -0.05) is 29.0 Å². The quantitative estimate of drug-likeness (QED) is 0.778. The molecule has 6 heteroatoms. The molecule has 128 valence electrons. The number of rotatable bonds is 3. The Morgan fingerprint density at radius 2 is 2.12 bits per heavy atom. The Bertz CT molecular complexity index is 857. The first kappa shape index (κ1) is 16.0. The number of anilines is 2. The summed E-state index contributed by atoms with van der Waals surface area (Å²) in [5, 5.41) is 4.00. The maximum atomic E-state index is 12.6. The Kier molecular flexibility index (Phi) is 4.36. The highest BCUT2D eigenvalue weighted by atomic mass is 32.1. The van der Waals surface area contributed by atoms with E-state index in [2.05, 4.69) is 20.2 Å². The molecule has 25 heavy (non-hydrogen) atoms. The van der Waals surface area contributed by atoms with Crippen molar-refractivity contribution in [2.75, 3.05) is 23.3 Å². The van der Waals surface area contributed by atoms with Crippen molar-refractivity contribution >= 4 is 38.4 Å². The number of aryl methyl sites for hydroxylation is 1. The van der Waals surface area contributed by atoms with Crippen molar-refractivity contribution in [3.63, 3.8) is 0 Å². The van der Waals surface area contributed by atoms with Crippen LogP contribution in [0.1, 0.15) is 18.4 Å². The Morgan fingerprint density at radius 1 is 1.28 bits per heavy atom. The molecule has 3 aromatic rings. The Hall–Kier alpha value is -2.47. The predicted octanol–water partition coefficient (Wildman–Crippen LogP) is 3.85. The molecule has 1 unspecified atom stereocenters. The molecule has 0 spiro atoms. The lowest BCUT2D eigenvalue weighted by molar-refractivity contribution is -0.120. The third-order valence-corrected chi connectivity index (χ3v) is 5.58. The molecule has 1 amide bonds. The molecule has 2 aromatic heterocycles. The van der Waals surface area contributed by atoms with Crippen molar-refractivity contribution in [3.05, 3.63) is 48.2 Å². The maximum Gasteiger partial charge on any atom is 0.229 e. The van der Waals surface area contributed by atoms with Gasteiger partial charge in [0.1, 0.15) is 10.3 Å². The van der Waals surface area contributed by atoms with Crippen molar-refractivity contribution < 1.29 is 4.79 Å². The molecular formula is C19H20N4OS. The number of piperidine rings is 1. The molecule has 1 aromatic carbocycles. The minimum absolute atomic E-state index is 0.0185. The van der Waals surface area contributed by atoms with E-state index in [1.807, 2.05) is 43.3 Å². The van der Waals surface area contributed by atoms with Gasteiger partial charge in [0.15, 0.2) is 5.13 Å². The summed E-state index contributed by atoms with van der Waals surface area (Å²) in [6, 6.07) is 11.8. The van der Waals surface area contributed by atoms with Crippen LogP contribution in [0.25, 0.3) is 10.3 Å². The van der Waals surface area contributed by atoms with Crippen LogP contribution in [0.3, 0.4) is 0 Å². The summed E-state index contributed by atoms with van der Waals surface area (Å²) in [5.74, 6) is 0.0720. The van der Waals surface area contributed by atoms with Gasteiger partial charge in [0.2, 0.25) is 5.91 Å². The molecule has 0 aliphatic carbocycles. The second kappa shape index (κ2) is 6.80. The number of nitrogens with one attached hydrogen (secondary N) is 1. The van der Waals surface area contributed by atoms with Crippen LogP contribution in [0.15, 0.2) is 42.6 Å². The number of hydrogen-bond donors (Lipinski definition) is 1. The fourth-order valence-corrected chi connectivity index (χ4v) is 4.08. The summed E-state index contributed by atoms with van der Waals surface area (Å²) in [6.07, 6.45) is 3.70. The standard InChI is InChI=1S/C19H20N4OS/c1-13-6-8-15(9-7-13)21-17(24)14-4-3-11-23(12-14)19-22-16-5-2-10-20-18(16)25-19/h2,5-10,14H,3-4,11-12H2,1H3,(H,21,24). The molecule has 4 rings (SSSR count). The number of benzene rings is 1. The summed E-state index contributed by atoms with van der Waals surface area (Å²) in [7, 11) is 0. The fourth-order valence-electron chi connectivity index (χ4n) is 3.14. The third-order valence-electron chi connectivity index (χ3n) is 4.54. The van der Waals surface area contributed by atoms with Gasteiger partial charge in [-0.25, -0.2) is 9.97 Å². The number of carbonyl (C=O) groups excluding carboxylic acids is 1. The SMILES string of the molecule is Cc1ccc(NC(=O)C2CCCN(c3nc4cccnc4s3)C2)cc1. The Morgan fingerprint density at radius 3 is 2.92 bits per heavy atom. The van der Waals surface area contributed by atoms with Crippen molar-refractivity contribution in [3.8, 4) is 0 Å². The van der Waals surface area contributed by atoms with Gasteiger partial charge in [0.05, 0.1) is 5.92 Å². The number of amides is 1. The van der Waals surface area contributed by atoms with Gasteiger partial charge >= 0.3 is 0 Å². The molecule has 1 N–H and O–H groups in total. The van der Waals surface area contributed by atoms with Crippen LogP contribution < -0.4 is 10.2 Å². The zero-order valence-corrected chi connectivity index (χ0v) is 14.9. The summed E-state index contributed by atoms with van der Waals surface area (Å²) in [6.45, 7) is 3.68. The van der Waals surface area contributed by atoms with Gasteiger partial charge < -0.3 is 10.2 Å². The number of hydrogen-bond acceptors (Lipinski definition) is 5. The largest absolute Gasteiger partial charge is 0.347 e. The summed E-state index contributed by atoms with van der Waals surface area (Å²) in [4.78, 5) is 24.8. The molecule has 3 heterocycles. The predicted molar refractivity (Wildman–Crippen MR) is 102 cm³/mol. The Labute approximate surface area is 150 Å². The van der Waals surface area contributed by atoms with Gasteiger partial charge in [0.25, 0.3) is 0 Å². The van der Waals surface area contributed by atoms with Crippen molar-refractivity contribution in [1.82, 2.24) is 9.97 Å². The number of pyridine rings is 1. The summed E-state index contributed by atoms with van der Waals surface area (Å²) < 4.78 is 0. The lowest BCUT2D eigenvalue weighted by Gasteiger charge is -2.31. The van der Waals surface area contributed by atoms with E-state index in [1.54, 1.807) is 17.5 Å². The zero-order chi connectivity index (χ0) is 17.2. The van der Waals surface area contributed by atoms with Gasteiger partial charge in [-0.3, -0.25) is 4.79 Å². The second-order valence-electron chi connectivity index (χ2n) is 6.46. The normalized spacial score (nSPS) is 17.6. The van der Waals surface area contributed by atoms with E-state index in [-0.39, 0.29) is 11.8 Å². The average Bonchev–Trinajstić information content (AvgIpc) is 3.08. The van der Waals surface area contributed by atoms with Gasteiger partial charge in [-0.15, -0.1) is 0 Å². The zero-order valence-electron chi connectivity index (χ0n) is 14.1. The maximum absolute atomic E-state index is 12.6. The van der Waals surface area contributed by atoms with Crippen molar-refractivity contribution in [1.29, 1.82) is 0 Å². The molecule has 0 bridgehead atoms. The first-order valence-corrected chi connectivity index (χ1v) is 9.35. The van der Waals surface area contributed by atoms with Crippen molar-refractivity contribution in [2.45, 2.75) is 19.8 Å². The van der Waals surface area contributed by atoms with Crippen LogP contribution in [-0.4, -0.2) is 29.0 Å². The second-order valence-corrected chi connectivity index (χ2v) is 7.42. The van der Waals surface area contributed by atoms with E-state index < -0.39 is 0 Å². The number of aromatic nitrogens is 2. The van der Waals surface area contributed by atoms with E-state index >= 15 is 0 Å². The van der Waals surface area contributed by atoms with Crippen LogP contribution in [0, 0.1) is 12.8 Å². The molecule has 1 aliphatic rings. The van der Waals surface area contributed by atoms with Gasteiger partial charge in [-0.2, -0.15) is 0 Å². The molecule has 1 fully saturated rings. The minimum Gasteiger partial charge on any atom is -0.347 e. The molecule has 1 saturated heterocycles. The number of carbonyl (C=O) groups is 1. The summed E-state index contributed by atoms with van der Waals surface area (Å²) in [5.41, 5.74) is 2.97. The van der Waals surface area contributed by atoms with E-state index in [1.165, 1.54) is 5.56 Å². The fraction of sp³-hybridized carbons (Fsp3) is 0.316. The van der Waals surface area contributed by atoms with Gasteiger partial charge in [-0.05, 0) is 44.0 Å². The number of nitrogens with zero attached hydrogens (tertiary/aromatic N) is 3. The highest BCUT2D eigenvalue weighted by molar-refractivity contribution is 7.21. The van der Waals surface area contributed by atoms with E-state index in [0.717, 1.165) is 40.6 Å². The molecule has 0 saturated carbocycles. The molecule has 1 aliphatic heterocycles. The van der Waals surface area contributed by atoms with Crippen LogP contribution in [0.5, 0.6) is 0 Å². The van der Waals surface area contributed by atoms with Crippen LogP contribution >= 0.6 is 11.3 Å². The highest BCUT2D eigenvalue weighted by Crippen LogP contribution is 2.30. The minimum atomic E-state index is -0.0185. The first-order chi connectivity index (χ1) is 12.2. The third kappa shape index (κ3) is 3.49. The highest BCUT2D eigenvalue weighted by Gasteiger charge is 2.27. The first-order valence-electron chi connectivity index (χ1n) is 8.53. The number of thiazole rings is 1.